The molecule has 21 heavy (non-hydrogen) atoms. The Morgan fingerprint density at radius 3 is 2.76 bits per heavy atom. The first-order valence-corrected chi connectivity index (χ1v) is 6.37. The highest BCUT2D eigenvalue weighted by atomic mass is 16.5. The predicted molar refractivity (Wildman–Crippen MR) is 81.0 cm³/mol. The number of pyridine rings is 1. The molecule has 6 heteroatoms. The molecule has 0 amide bonds. The molecule has 0 bridgehead atoms. The van der Waals surface area contributed by atoms with Crippen molar-refractivity contribution in [2.45, 2.75) is 0 Å². The van der Waals surface area contributed by atoms with Crippen LogP contribution in [-0.2, 0) is 0 Å². The van der Waals surface area contributed by atoms with Crippen LogP contribution in [0.2, 0.25) is 0 Å². The smallest absolute Gasteiger partial charge is 0.190 e. The fourth-order valence-electron chi connectivity index (χ4n) is 2.29. The molecule has 6 nitrogen and oxygen atoms in total. The van der Waals surface area contributed by atoms with Gasteiger partial charge in [0.15, 0.2) is 11.2 Å². The number of nitrogens with two attached hydrogens (primary N) is 1. The molecule has 3 rings (SSSR count). The van der Waals surface area contributed by atoms with Crippen LogP contribution in [0.5, 0.6) is 5.75 Å². The number of rotatable bonds is 3. The molecule has 0 saturated carbocycles. The summed E-state index contributed by atoms with van der Waals surface area (Å²) >= 11 is 0. The lowest BCUT2D eigenvalue weighted by Crippen LogP contribution is -2.04. The molecule has 0 aliphatic rings. The summed E-state index contributed by atoms with van der Waals surface area (Å²) < 4.78 is 5.36. The van der Waals surface area contributed by atoms with E-state index in [1.54, 1.807) is 19.5 Å². The quantitative estimate of drug-likeness (QED) is 0.684. The van der Waals surface area contributed by atoms with E-state index in [1.165, 1.54) is 6.07 Å². The third-order valence-electron chi connectivity index (χ3n) is 3.26. The Balaban J connectivity index is 2.28. The summed E-state index contributed by atoms with van der Waals surface area (Å²) in [7, 11) is 1.59. The van der Waals surface area contributed by atoms with E-state index < -0.39 is 0 Å². The lowest BCUT2D eigenvalue weighted by atomic mass is 10.0. The SMILES string of the molecule is COc1ccccc1-c1c(N)n[nH]c1-c1c[nH]ccc1=O. The molecule has 2 heterocycles. The van der Waals surface area contributed by atoms with E-state index in [0.29, 0.717) is 28.4 Å². The van der Waals surface area contributed by atoms with Crippen LogP contribution in [0.15, 0.2) is 47.5 Å². The van der Waals surface area contributed by atoms with E-state index in [-0.39, 0.29) is 5.43 Å². The highest BCUT2D eigenvalue weighted by Crippen LogP contribution is 2.38. The summed E-state index contributed by atoms with van der Waals surface area (Å²) in [6, 6.07) is 8.91. The maximum Gasteiger partial charge on any atom is 0.190 e. The number of nitrogen functional groups attached to an aromatic ring is 1. The largest absolute Gasteiger partial charge is 0.496 e. The van der Waals surface area contributed by atoms with E-state index in [9.17, 15) is 4.79 Å². The lowest BCUT2D eigenvalue weighted by molar-refractivity contribution is 0.416. The number of benzene rings is 1. The Kier molecular flexibility index (Phi) is 3.19. The van der Waals surface area contributed by atoms with E-state index >= 15 is 0 Å². The van der Waals surface area contributed by atoms with Crippen LogP contribution in [0.4, 0.5) is 5.82 Å². The first-order chi connectivity index (χ1) is 10.2. The average molecular weight is 282 g/mol. The maximum atomic E-state index is 12.0. The van der Waals surface area contributed by atoms with Gasteiger partial charge in [0.05, 0.1) is 23.9 Å². The van der Waals surface area contributed by atoms with Crippen molar-refractivity contribution in [1.82, 2.24) is 15.2 Å². The van der Waals surface area contributed by atoms with Gasteiger partial charge in [-0.05, 0) is 6.07 Å². The van der Waals surface area contributed by atoms with Crippen molar-refractivity contribution in [2.24, 2.45) is 0 Å². The van der Waals surface area contributed by atoms with Crippen LogP contribution in [0.25, 0.3) is 22.4 Å². The van der Waals surface area contributed by atoms with Gasteiger partial charge in [-0.15, -0.1) is 0 Å². The van der Waals surface area contributed by atoms with Crippen molar-refractivity contribution >= 4 is 5.82 Å². The Bertz CT molecular complexity index is 835. The van der Waals surface area contributed by atoms with Gasteiger partial charge >= 0.3 is 0 Å². The number of methoxy groups -OCH3 is 1. The fraction of sp³-hybridized carbons (Fsp3) is 0.0667. The fourth-order valence-corrected chi connectivity index (χ4v) is 2.29. The second-order valence-corrected chi connectivity index (χ2v) is 4.48. The van der Waals surface area contributed by atoms with Crippen molar-refractivity contribution in [3.05, 3.63) is 52.9 Å². The highest BCUT2D eigenvalue weighted by molar-refractivity contribution is 5.90. The molecule has 1 aromatic carbocycles. The topological polar surface area (TPSA) is 96.8 Å². The number of nitrogens with zero attached hydrogens (tertiary/aromatic N) is 1. The molecule has 106 valence electrons. The molecule has 0 saturated heterocycles. The van der Waals surface area contributed by atoms with Crippen molar-refractivity contribution < 1.29 is 4.74 Å². The number of hydrogen-bond donors (Lipinski definition) is 3. The van der Waals surface area contributed by atoms with Crippen LogP contribution >= 0.6 is 0 Å². The molecule has 2 aromatic heterocycles. The monoisotopic (exact) mass is 282 g/mol. The van der Waals surface area contributed by atoms with Gasteiger partial charge in [0, 0.05) is 24.0 Å². The third-order valence-corrected chi connectivity index (χ3v) is 3.26. The molecule has 0 radical (unpaired) electrons. The summed E-state index contributed by atoms with van der Waals surface area (Å²) in [6.07, 6.45) is 3.20. The number of aromatic amines is 2. The van der Waals surface area contributed by atoms with Gasteiger partial charge in [-0.3, -0.25) is 9.89 Å². The lowest BCUT2D eigenvalue weighted by Gasteiger charge is -2.09. The first kappa shape index (κ1) is 13.0. The number of hydrogen-bond acceptors (Lipinski definition) is 4. The summed E-state index contributed by atoms with van der Waals surface area (Å²) in [5.74, 6) is 0.983. The minimum absolute atomic E-state index is 0.117. The van der Waals surface area contributed by atoms with Crippen LogP contribution in [0, 0.1) is 0 Å². The van der Waals surface area contributed by atoms with Crippen LogP contribution in [0.3, 0.4) is 0 Å². The molecule has 0 aliphatic carbocycles. The molecule has 4 N–H and O–H groups in total. The van der Waals surface area contributed by atoms with Gasteiger partial charge in [-0.1, -0.05) is 18.2 Å². The number of nitrogens with one attached hydrogen (secondary N) is 2. The van der Waals surface area contributed by atoms with E-state index in [2.05, 4.69) is 15.2 Å². The molecule has 0 spiro atoms. The highest BCUT2D eigenvalue weighted by Gasteiger charge is 2.19. The summed E-state index contributed by atoms with van der Waals surface area (Å²) in [4.78, 5) is 14.9. The molecular weight excluding hydrogens is 268 g/mol. The third kappa shape index (κ3) is 2.16. The predicted octanol–water partition coefficient (Wildman–Crippen LogP) is 2.02. The van der Waals surface area contributed by atoms with Crippen molar-refractivity contribution in [3.8, 4) is 28.1 Å². The summed E-state index contributed by atoms with van der Waals surface area (Å²) in [6.45, 7) is 0. The number of ether oxygens (including phenoxy) is 1. The van der Waals surface area contributed by atoms with Crippen LogP contribution < -0.4 is 15.9 Å². The minimum atomic E-state index is -0.117. The molecular formula is C15H14N4O2. The zero-order chi connectivity index (χ0) is 14.8. The minimum Gasteiger partial charge on any atom is -0.496 e. The Morgan fingerprint density at radius 1 is 1.19 bits per heavy atom. The van der Waals surface area contributed by atoms with Crippen LogP contribution in [0.1, 0.15) is 0 Å². The van der Waals surface area contributed by atoms with Crippen LogP contribution in [-0.4, -0.2) is 22.3 Å². The Morgan fingerprint density at radius 2 is 2.00 bits per heavy atom. The zero-order valence-corrected chi connectivity index (χ0v) is 11.4. The number of para-hydroxylation sites is 1. The van der Waals surface area contributed by atoms with Gasteiger partial charge in [0.2, 0.25) is 0 Å². The number of anilines is 1. The average Bonchev–Trinajstić information content (AvgIpc) is 2.89. The standard InChI is InChI=1S/C15H14N4O2/c1-21-12-5-3-2-4-9(12)13-14(18-19-15(13)16)10-8-17-7-6-11(10)20/h2-8H,1H3,(H,17,20)(H3,16,18,19). The van der Waals surface area contributed by atoms with Gasteiger partial charge in [0.25, 0.3) is 0 Å². The molecule has 0 unspecified atom stereocenters. The molecule has 0 aliphatic heterocycles. The Hall–Kier alpha value is -3.02. The summed E-state index contributed by atoms with van der Waals surface area (Å²) in [5.41, 5.74) is 8.34. The van der Waals surface area contributed by atoms with Crippen molar-refractivity contribution in [1.29, 1.82) is 0 Å². The van der Waals surface area contributed by atoms with Gasteiger partial charge in [0.1, 0.15) is 5.75 Å². The normalized spacial score (nSPS) is 10.5. The second-order valence-electron chi connectivity index (χ2n) is 4.48. The van der Waals surface area contributed by atoms with E-state index in [1.807, 2.05) is 24.3 Å². The van der Waals surface area contributed by atoms with Crippen molar-refractivity contribution in [2.75, 3.05) is 12.8 Å². The maximum absolute atomic E-state index is 12.0. The number of aromatic nitrogens is 3. The molecule has 0 fully saturated rings. The Labute approximate surface area is 120 Å². The van der Waals surface area contributed by atoms with E-state index in [4.69, 9.17) is 10.5 Å². The van der Waals surface area contributed by atoms with Crippen molar-refractivity contribution in [3.63, 3.8) is 0 Å². The molecule has 3 aromatic rings. The van der Waals surface area contributed by atoms with Gasteiger partial charge in [-0.25, -0.2) is 0 Å². The zero-order valence-electron chi connectivity index (χ0n) is 11.4. The van der Waals surface area contributed by atoms with Gasteiger partial charge in [-0.2, -0.15) is 5.10 Å². The van der Waals surface area contributed by atoms with E-state index in [0.717, 1.165) is 5.56 Å². The van der Waals surface area contributed by atoms with Gasteiger partial charge < -0.3 is 15.5 Å². The number of H-pyrrole nitrogens is 2. The second kappa shape index (κ2) is 5.16. The first-order valence-electron chi connectivity index (χ1n) is 6.37. The summed E-state index contributed by atoms with van der Waals surface area (Å²) in [5, 5.41) is 6.86. The molecule has 0 atom stereocenters.